The van der Waals surface area contributed by atoms with Crippen LogP contribution in [0.2, 0.25) is 0 Å². The Morgan fingerprint density at radius 3 is 2.91 bits per heavy atom. The van der Waals surface area contributed by atoms with Crippen LogP contribution < -0.4 is 5.73 Å². The van der Waals surface area contributed by atoms with Gasteiger partial charge in [-0.15, -0.1) is 0 Å². The summed E-state index contributed by atoms with van der Waals surface area (Å²) in [5.74, 6) is -0.400. The Morgan fingerprint density at radius 1 is 1.36 bits per heavy atom. The van der Waals surface area contributed by atoms with Crippen molar-refractivity contribution in [2.45, 2.75) is 38.4 Å². The average Bonchev–Trinajstić information content (AvgIpc) is 2.99. The van der Waals surface area contributed by atoms with E-state index in [2.05, 4.69) is 25.0 Å². The Morgan fingerprint density at radius 2 is 2.14 bits per heavy atom. The molecule has 0 bridgehead atoms. The zero-order valence-corrected chi connectivity index (χ0v) is 12.2. The highest BCUT2D eigenvalue weighted by Crippen LogP contribution is 2.30. The minimum atomic E-state index is -0.731. The molecule has 0 radical (unpaired) electrons. The molecule has 10 nitrogen and oxygen atoms in total. The monoisotopic (exact) mass is 304 g/mol. The summed E-state index contributed by atoms with van der Waals surface area (Å²) in [5, 5.41) is 3.58. The number of hydrogen-bond acceptors (Lipinski definition) is 7. The lowest BCUT2D eigenvalue weighted by atomic mass is 10.2. The van der Waals surface area contributed by atoms with Crippen LogP contribution in [0, 0.1) is 0 Å². The molecular weight excluding hydrogens is 288 g/mol. The average molecular weight is 304 g/mol. The van der Waals surface area contributed by atoms with Crippen LogP contribution in [-0.2, 0) is 16.0 Å². The first-order chi connectivity index (χ1) is 10.5. The van der Waals surface area contributed by atoms with Gasteiger partial charge in [-0.25, -0.2) is 15.0 Å². The summed E-state index contributed by atoms with van der Waals surface area (Å²) in [6.07, 6.45) is 2.41. The molecule has 22 heavy (non-hydrogen) atoms. The van der Waals surface area contributed by atoms with E-state index in [4.69, 9.17) is 20.7 Å². The number of fused-ring (bicyclic) bond motifs is 1. The standard InChI is InChI=1S/C12H16N8O2/c1-12(2)21-7(3-18-19-14)8(22-12)4-20-6-17-9-10(13)15-5-16-11(9)20/h5-8H,3-4H2,1-2H3,(H2,13,15,16)/t7-,8+/m0/s1. The Hall–Kier alpha value is -2.42. The van der Waals surface area contributed by atoms with Gasteiger partial charge in [-0.3, -0.25) is 0 Å². The number of nitrogens with two attached hydrogens (primary N) is 1. The zero-order valence-electron chi connectivity index (χ0n) is 12.2. The van der Waals surface area contributed by atoms with E-state index in [1.54, 1.807) is 6.33 Å². The first-order valence-corrected chi connectivity index (χ1v) is 6.78. The number of hydrogen-bond donors (Lipinski definition) is 1. The van der Waals surface area contributed by atoms with Crippen molar-refractivity contribution in [1.82, 2.24) is 19.5 Å². The van der Waals surface area contributed by atoms with Gasteiger partial charge in [0.15, 0.2) is 17.3 Å². The number of aromatic nitrogens is 4. The fourth-order valence-corrected chi connectivity index (χ4v) is 2.56. The Balaban J connectivity index is 1.86. The predicted molar refractivity (Wildman–Crippen MR) is 77.6 cm³/mol. The molecule has 1 aliphatic heterocycles. The molecule has 1 fully saturated rings. The van der Waals surface area contributed by atoms with Gasteiger partial charge in [0.05, 0.1) is 25.5 Å². The maximum atomic E-state index is 8.49. The minimum absolute atomic E-state index is 0.203. The molecule has 0 amide bonds. The fraction of sp³-hybridized carbons (Fsp3) is 0.583. The number of anilines is 1. The third-order valence-corrected chi connectivity index (χ3v) is 3.42. The maximum absolute atomic E-state index is 8.49. The van der Waals surface area contributed by atoms with Crippen LogP contribution in [0.4, 0.5) is 5.82 Å². The second kappa shape index (κ2) is 5.41. The van der Waals surface area contributed by atoms with Gasteiger partial charge >= 0.3 is 0 Å². The van der Waals surface area contributed by atoms with Crippen molar-refractivity contribution >= 4 is 17.0 Å². The van der Waals surface area contributed by atoms with Crippen molar-refractivity contribution in [3.05, 3.63) is 23.1 Å². The largest absolute Gasteiger partial charge is 0.382 e. The van der Waals surface area contributed by atoms with E-state index >= 15 is 0 Å². The highest BCUT2D eigenvalue weighted by molar-refractivity contribution is 5.81. The number of rotatable bonds is 4. The molecule has 3 heterocycles. The van der Waals surface area contributed by atoms with Gasteiger partial charge in [-0.1, -0.05) is 5.11 Å². The summed E-state index contributed by atoms with van der Waals surface area (Å²) in [5.41, 5.74) is 15.4. The summed E-state index contributed by atoms with van der Waals surface area (Å²) in [6.45, 7) is 4.31. The van der Waals surface area contributed by atoms with Gasteiger partial charge in [0, 0.05) is 4.91 Å². The molecule has 116 valence electrons. The number of imidazole rings is 1. The molecule has 0 aromatic carbocycles. The molecule has 10 heteroatoms. The van der Waals surface area contributed by atoms with E-state index in [-0.39, 0.29) is 18.8 Å². The van der Waals surface area contributed by atoms with Crippen molar-refractivity contribution in [3.8, 4) is 0 Å². The molecule has 2 aromatic heterocycles. The quantitative estimate of drug-likeness (QED) is 0.512. The van der Waals surface area contributed by atoms with Crippen LogP contribution in [0.3, 0.4) is 0 Å². The topological polar surface area (TPSA) is 137 Å². The van der Waals surface area contributed by atoms with Crippen LogP contribution in [0.25, 0.3) is 21.6 Å². The van der Waals surface area contributed by atoms with Crippen molar-refractivity contribution < 1.29 is 9.47 Å². The molecule has 0 unspecified atom stereocenters. The van der Waals surface area contributed by atoms with E-state index < -0.39 is 5.79 Å². The second-order valence-electron chi connectivity index (χ2n) is 5.45. The summed E-state index contributed by atoms with van der Waals surface area (Å²) in [6, 6.07) is 0. The van der Waals surface area contributed by atoms with Crippen LogP contribution in [0.5, 0.6) is 0 Å². The summed E-state index contributed by atoms with van der Waals surface area (Å²) >= 11 is 0. The minimum Gasteiger partial charge on any atom is -0.382 e. The predicted octanol–water partition coefficient (Wildman–Crippen LogP) is 1.24. The van der Waals surface area contributed by atoms with Gasteiger partial charge in [0.2, 0.25) is 0 Å². The number of nitrogen functional groups attached to an aromatic ring is 1. The summed E-state index contributed by atoms with van der Waals surface area (Å²) < 4.78 is 13.5. The molecule has 0 saturated carbocycles. The third-order valence-electron chi connectivity index (χ3n) is 3.42. The Kier molecular flexibility index (Phi) is 3.57. The van der Waals surface area contributed by atoms with Gasteiger partial charge in [0.25, 0.3) is 0 Å². The SMILES string of the molecule is CC1(C)O[C@@H](CN=[N+]=[N-])[C@@H](Cn2cnc3c(N)ncnc32)O1. The van der Waals surface area contributed by atoms with E-state index in [1.807, 2.05) is 18.4 Å². The van der Waals surface area contributed by atoms with Gasteiger partial charge in [-0.05, 0) is 19.4 Å². The first-order valence-electron chi connectivity index (χ1n) is 6.78. The molecule has 0 spiro atoms. The number of ether oxygens (including phenoxy) is 2. The molecule has 0 aliphatic carbocycles. The normalized spacial score (nSPS) is 23.5. The number of nitrogens with zero attached hydrogens (tertiary/aromatic N) is 7. The molecule has 1 aliphatic rings. The van der Waals surface area contributed by atoms with Gasteiger partial charge < -0.3 is 19.8 Å². The smallest absolute Gasteiger partial charge is 0.165 e. The lowest BCUT2D eigenvalue weighted by molar-refractivity contribution is -0.146. The molecule has 2 N–H and O–H groups in total. The van der Waals surface area contributed by atoms with Crippen LogP contribution in [-0.4, -0.2) is 44.1 Å². The van der Waals surface area contributed by atoms with Crippen LogP contribution >= 0.6 is 0 Å². The van der Waals surface area contributed by atoms with Crippen molar-refractivity contribution in [2.24, 2.45) is 5.11 Å². The van der Waals surface area contributed by atoms with E-state index in [9.17, 15) is 0 Å². The van der Waals surface area contributed by atoms with Crippen molar-refractivity contribution in [2.75, 3.05) is 12.3 Å². The maximum Gasteiger partial charge on any atom is 0.165 e. The highest BCUT2D eigenvalue weighted by atomic mass is 16.8. The Labute approximate surface area is 125 Å². The Bertz CT molecular complexity index is 736. The van der Waals surface area contributed by atoms with Crippen molar-refractivity contribution in [1.29, 1.82) is 0 Å². The first kappa shape index (κ1) is 14.5. The highest BCUT2D eigenvalue weighted by Gasteiger charge is 2.41. The van der Waals surface area contributed by atoms with Gasteiger partial charge in [-0.2, -0.15) is 0 Å². The van der Waals surface area contributed by atoms with Crippen LogP contribution in [0.15, 0.2) is 17.8 Å². The van der Waals surface area contributed by atoms with Gasteiger partial charge in [0.1, 0.15) is 17.9 Å². The molecular formula is C12H16N8O2. The molecule has 2 aromatic rings. The lowest BCUT2D eigenvalue weighted by Gasteiger charge is -2.17. The molecule has 2 atom stereocenters. The van der Waals surface area contributed by atoms with Crippen LogP contribution in [0.1, 0.15) is 13.8 Å². The van der Waals surface area contributed by atoms with E-state index in [1.165, 1.54) is 6.33 Å². The summed E-state index contributed by atoms with van der Waals surface area (Å²) in [4.78, 5) is 15.1. The number of azide groups is 1. The van der Waals surface area contributed by atoms with E-state index in [0.717, 1.165) is 0 Å². The van der Waals surface area contributed by atoms with E-state index in [0.29, 0.717) is 23.5 Å². The lowest BCUT2D eigenvalue weighted by Crippen LogP contribution is -2.29. The molecule has 3 rings (SSSR count). The molecule has 1 saturated heterocycles. The third kappa shape index (κ3) is 2.67. The zero-order chi connectivity index (χ0) is 15.7. The summed E-state index contributed by atoms with van der Waals surface area (Å²) in [7, 11) is 0. The fourth-order valence-electron chi connectivity index (χ4n) is 2.56. The van der Waals surface area contributed by atoms with Crippen molar-refractivity contribution in [3.63, 3.8) is 0 Å². The second-order valence-corrected chi connectivity index (χ2v) is 5.45.